The van der Waals surface area contributed by atoms with Crippen LogP contribution in [0.25, 0.3) is 0 Å². The molecule has 9 heteroatoms. The number of nitrogens with one attached hydrogen (secondary N) is 2. The van der Waals surface area contributed by atoms with Crippen molar-refractivity contribution in [2.75, 3.05) is 25.5 Å². The predicted octanol–water partition coefficient (Wildman–Crippen LogP) is 2.60. The molecular formula is C14H19ClFN3O4. The third kappa shape index (κ3) is 6.27. The van der Waals surface area contributed by atoms with Crippen LogP contribution in [0.15, 0.2) is 6.07 Å². The number of carbonyl (C=O) groups is 2. The van der Waals surface area contributed by atoms with Crippen LogP contribution in [0.5, 0.6) is 0 Å². The van der Waals surface area contributed by atoms with Gasteiger partial charge in [-0.1, -0.05) is 11.6 Å². The third-order valence-electron chi connectivity index (χ3n) is 2.42. The fraction of sp³-hybridized carbons (Fsp3) is 0.500. The van der Waals surface area contributed by atoms with Gasteiger partial charge in [-0.2, -0.15) is 0 Å². The number of rotatable bonds is 5. The monoisotopic (exact) mass is 347 g/mol. The summed E-state index contributed by atoms with van der Waals surface area (Å²) in [5.74, 6) is -1.67. The van der Waals surface area contributed by atoms with E-state index in [2.05, 4.69) is 20.4 Å². The number of hydrogen-bond donors (Lipinski definition) is 2. The molecule has 0 saturated heterocycles. The van der Waals surface area contributed by atoms with Gasteiger partial charge in [0.25, 0.3) is 0 Å². The number of pyridine rings is 1. The molecule has 2 N–H and O–H groups in total. The summed E-state index contributed by atoms with van der Waals surface area (Å²) in [6, 6.07) is 0.935. The van der Waals surface area contributed by atoms with Crippen LogP contribution in [-0.2, 0) is 9.47 Å². The first-order valence-corrected chi connectivity index (χ1v) is 7.17. The Hall–Kier alpha value is -2.09. The van der Waals surface area contributed by atoms with Crippen molar-refractivity contribution in [2.45, 2.75) is 26.4 Å². The first-order valence-electron chi connectivity index (χ1n) is 6.79. The average molecular weight is 348 g/mol. The number of halogens is 2. The summed E-state index contributed by atoms with van der Waals surface area (Å²) in [5, 5.41) is 4.98. The van der Waals surface area contributed by atoms with Crippen LogP contribution in [0, 0.1) is 5.82 Å². The molecule has 1 heterocycles. The van der Waals surface area contributed by atoms with E-state index < -0.39 is 23.5 Å². The van der Waals surface area contributed by atoms with Crippen LogP contribution in [0.4, 0.5) is 15.0 Å². The topological polar surface area (TPSA) is 89.6 Å². The normalized spacial score (nSPS) is 10.9. The van der Waals surface area contributed by atoms with Gasteiger partial charge in [0.05, 0.1) is 7.11 Å². The molecule has 7 nitrogen and oxygen atoms in total. The van der Waals surface area contributed by atoms with Gasteiger partial charge in [-0.3, -0.25) is 0 Å². The van der Waals surface area contributed by atoms with E-state index in [1.54, 1.807) is 20.8 Å². The van der Waals surface area contributed by atoms with E-state index in [1.807, 2.05) is 0 Å². The molecule has 0 aliphatic heterocycles. The second kappa shape index (κ2) is 7.96. The lowest BCUT2D eigenvalue weighted by atomic mass is 10.2. The molecule has 0 unspecified atom stereocenters. The van der Waals surface area contributed by atoms with Gasteiger partial charge in [0.2, 0.25) is 0 Å². The lowest BCUT2D eigenvalue weighted by Crippen LogP contribution is -2.35. The molecule has 0 aromatic carbocycles. The smallest absolute Gasteiger partial charge is 0.407 e. The summed E-state index contributed by atoms with van der Waals surface area (Å²) in [4.78, 5) is 26.5. The Morgan fingerprint density at radius 2 is 2.00 bits per heavy atom. The average Bonchev–Trinajstić information content (AvgIpc) is 2.43. The summed E-state index contributed by atoms with van der Waals surface area (Å²) in [5.41, 5.74) is -0.758. The fourth-order valence-corrected chi connectivity index (χ4v) is 1.72. The van der Waals surface area contributed by atoms with E-state index >= 15 is 0 Å². The number of methoxy groups -OCH3 is 1. The molecule has 1 rings (SSSR count). The van der Waals surface area contributed by atoms with Crippen LogP contribution in [0.2, 0.25) is 5.15 Å². The van der Waals surface area contributed by atoms with Crippen molar-refractivity contribution in [3.05, 3.63) is 22.6 Å². The first-order chi connectivity index (χ1) is 10.6. The molecule has 0 saturated carbocycles. The minimum atomic E-state index is -0.778. The van der Waals surface area contributed by atoms with Gasteiger partial charge < -0.3 is 20.1 Å². The van der Waals surface area contributed by atoms with Crippen molar-refractivity contribution in [2.24, 2.45) is 0 Å². The molecule has 128 valence electrons. The van der Waals surface area contributed by atoms with Gasteiger partial charge in [-0.15, -0.1) is 0 Å². The predicted molar refractivity (Wildman–Crippen MR) is 83.3 cm³/mol. The summed E-state index contributed by atoms with van der Waals surface area (Å²) in [6.07, 6.45) is -0.577. The Morgan fingerprint density at radius 1 is 1.35 bits per heavy atom. The number of carbonyl (C=O) groups excluding carboxylic acids is 2. The van der Waals surface area contributed by atoms with Crippen LogP contribution in [0.3, 0.4) is 0 Å². The van der Waals surface area contributed by atoms with Crippen molar-refractivity contribution >= 4 is 29.5 Å². The highest BCUT2D eigenvalue weighted by Gasteiger charge is 2.17. The number of aromatic nitrogens is 1. The van der Waals surface area contributed by atoms with Crippen molar-refractivity contribution < 1.29 is 23.5 Å². The molecule has 1 aromatic heterocycles. The summed E-state index contributed by atoms with van der Waals surface area (Å²) in [6.45, 7) is 5.61. The van der Waals surface area contributed by atoms with Gasteiger partial charge in [0.15, 0.2) is 11.6 Å². The Balaban J connectivity index is 2.54. The number of ether oxygens (including phenoxy) is 2. The van der Waals surface area contributed by atoms with Crippen molar-refractivity contribution in [1.29, 1.82) is 0 Å². The molecule has 0 atom stereocenters. The molecule has 0 radical (unpaired) electrons. The molecule has 0 fully saturated rings. The van der Waals surface area contributed by atoms with E-state index in [9.17, 15) is 14.0 Å². The second-order valence-corrected chi connectivity index (χ2v) is 5.86. The molecular weight excluding hydrogens is 329 g/mol. The first kappa shape index (κ1) is 19.0. The summed E-state index contributed by atoms with van der Waals surface area (Å²) < 4.78 is 23.3. The number of esters is 1. The maximum atomic E-state index is 13.8. The van der Waals surface area contributed by atoms with Gasteiger partial charge in [0.1, 0.15) is 16.3 Å². The Morgan fingerprint density at radius 3 is 2.57 bits per heavy atom. The highest BCUT2D eigenvalue weighted by Crippen LogP contribution is 2.20. The largest absolute Gasteiger partial charge is 0.465 e. The van der Waals surface area contributed by atoms with Gasteiger partial charge in [-0.25, -0.2) is 19.0 Å². The number of nitrogens with zero attached hydrogens (tertiary/aromatic N) is 1. The molecule has 1 aromatic rings. The minimum Gasteiger partial charge on any atom is -0.465 e. The second-order valence-electron chi connectivity index (χ2n) is 5.50. The quantitative estimate of drug-likeness (QED) is 0.483. The van der Waals surface area contributed by atoms with Gasteiger partial charge in [-0.05, 0) is 26.8 Å². The number of alkyl carbamates (subject to hydrolysis) is 1. The maximum absolute atomic E-state index is 13.8. The zero-order valence-corrected chi connectivity index (χ0v) is 14.1. The van der Waals surface area contributed by atoms with Crippen molar-refractivity contribution in [1.82, 2.24) is 10.3 Å². The van der Waals surface area contributed by atoms with Crippen LogP contribution in [0.1, 0.15) is 31.1 Å². The molecule has 0 aliphatic carbocycles. The minimum absolute atomic E-state index is 0.131. The van der Waals surface area contributed by atoms with Crippen molar-refractivity contribution in [3.8, 4) is 0 Å². The van der Waals surface area contributed by atoms with E-state index in [0.717, 1.165) is 13.2 Å². The zero-order chi connectivity index (χ0) is 17.6. The van der Waals surface area contributed by atoms with E-state index in [4.69, 9.17) is 16.3 Å². The Bertz CT molecular complexity index is 590. The van der Waals surface area contributed by atoms with Crippen LogP contribution in [-0.4, -0.2) is 42.8 Å². The van der Waals surface area contributed by atoms with Crippen molar-refractivity contribution in [3.63, 3.8) is 0 Å². The molecule has 0 aliphatic rings. The highest BCUT2D eigenvalue weighted by atomic mass is 35.5. The Kier molecular flexibility index (Phi) is 6.56. The Labute approximate surface area is 138 Å². The lowest BCUT2D eigenvalue weighted by Gasteiger charge is -2.19. The molecule has 23 heavy (non-hydrogen) atoms. The molecule has 0 bridgehead atoms. The number of anilines is 1. The fourth-order valence-electron chi connectivity index (χ4n) is 1.50. The van der Waals surface area contributed by atoms with Gasteiger partial charge in [0, 0.05) is 13.1 Å². The molecule has 1 amide bonds. The van der Waals surface area contributed by atoms with Crippen LogP contribution >= 0.6 is 11.6 Å². The zero-order valence-electron chi connectivity index (χ0n) is 13.3. The SMILES string of the molecule is COC(=O)c1cc(F)c(NCCNC(=O)OC(C)(C)C)nc1Cl. The standard InChI is InChI=1S/C14H19ClFN3O4/c1-14(2,3)23-13(21)18-6-5-17-11-9(16)7-8(10(15)19-11)12(20)22-4/h7H,5-6H2,1-4H3,(H,17,19)(H,18,21). The summed E-state index contributed by atoms with van der Waals surface area (Å²) >= 11 is 5.80. The van der Waals surface area contributed by atoms with Gasteiger partial charge >= 0.3 is 12.1 Å². The summed E-state index contributed by atoms with van der Waals surface area (Å²) in [7, 11) is 1.16. The third-order valence-corrected chi connectivity index (χ3v) is 2.71. The number of amides is 1. The number of hydrogen-bond acceptors (Lipinski definition) is 6. The van der Waals surface area contributed by atoms with E-state index in [-0.39, 0.29) is 29.6 Å². The van der Waals surface area contributed by atoms with E-state index in [1.165, 1.54) is 0 Å². The van der Waals surface area contributed by atoms with E-state index in [0.29, 0.717) is 0 Å². The maximum Gasteiger partial charge on any atom is 0.407 e. The lowest BCUT2D eigenvalue weighted by molar-refractivity contribution is 0.0528. The highest BCUT2D eigenvalue weighted by molar-refractivity contribution is 6.32. The molecule has 0 spiro atoms. The van der Waals surface area contributed by atoms with Crippen LogP contribution < -0.4 is 10.6 Å².